The van der Waals surface area contributed by atoms with Crippen molar-refractivity contribution >= 4 is 17.2 Å². The topological polar surface area (TPSA) is 68.0 Å². The van der Waals surface area contributed by atoms with E-state index >= 15 is 0 Å². The van der Waals surface area contributed by atoms with Gasteiger partial charge in [-0.15, -0.1) is 0 Å². The van der Waals surface area contributed by atoms with Crippen LogP contribution < -0.4 is 5.32 Å². The first kappa shape index (κ1) is 17.2. The Balaban J connectivity index is 1.54. The average Bonchev–Trinajstić information content (AvgIpc) is 3.24. The molecule has 0 spiro atoms. The Bertz CT molecular complexity index is 865. The maximum Gasteiger partial charge on any atom is 0.227 e. The maximum absolute atomic E-state index is 13.7. The van der Waals surface area contributed by atoms with Crippen LogP contribution in [-0.4, -0.2) is 16.0 Å². The van der Waals surface area contributed by atoms with Crippen LogP contribution in [0.4, 0.5) is 8.78 Å². The van der Waals surface area contributed by atoms with Gasteiger partial charge in [0.15, 0.2) is 0 Å². The summed E-state index contributed by atoms with van der Waals surface area (Å²) in [6.45, 7) is 1.63. The molecule has 1 N–H and O–H groups in total. The van der Waals surface area contributed by atoms with Crippen LogP contribution in [0.25, 0.3) is 11.4 Å². The minimum Gasteiger partial charge on any atom is -0.349 e. The molecule has 1 aromatic carbocycles. The summed E-state index contributed by atoms with van der Waals surface area (Å²) in [6, 6.07) is 4.58. The van der Waals surface area contributed by atoms with E-state index in [1.807, 2.05) is 16.8 Å². The van der Waals surface area contributed by atoms with Gasteiger partial charge < -0.3 is 9.84 Å². The molecule has 3 aromatic rings. The summed E-state index contributed by atoms with van der Waals surface area (Å²) in [6.07, 6.45) is 0.403. The maximum atomic E-state index is 13.7. The first-order valence-electron chi connectivity index (χ1n) is 7.62. The molecule has 0 aliphatic heterocycles. The van der Waals surface area contributed by atoms with E-state index in [0.717, 1.165) is 17.7 Å². The van der Waals surface area contributed by atoms with Gasteiger partial charge in [-0.2, -0.15) is 16.3 Å². The van der Waals surface area contributed by atoms with Gasteiger partial charge in [0, 0.05) is 35.4 Å². The van der Waals surface area contributed by atoms with Crippen LogP contribution in [0.5, 0.6) is 0 Å². The van der Waals surface area contributed by atoms with Gasteiger partial charge in [0.25, 0.3) is 0 Å². The summed E-state index contributed by atoms with van der Waals surface area (Å²) in [5, 5.41) is 10.4. The molecule has 0 unspecified atom stereocenters. The summed E-state index contributed by atoms with van der Waals surface area (Å²) < 4.78 is 31.8. The summed E-state index contributed by atoms with van der Waals surface area (Å²) in [5.74, 6) is -0.787. The molecule has 0 radical (unpaired) electrons. The van der Waals surface area contributed by atoms with Crippen molar-refractivity contribution in [3.8, 4) is 11.4 Å². The molecule has 0 saturated heterocycles. The molecule has 0 fully saturated rings. The van der Waals surface area contributed by atoms with E-state index in [2.05, 4.69) is 15.5 Å². The lowest BCUT2D eigenvalue weighted by Gasteiger charge is -2.14. The molecule has 5 nitrogen and oxygen atoms in total. The number of hydrogen-bond acceptors (Lipinski definition) is 5. The number of carbonyl (C=O) groups is 1. The van der Waals surface area contributed by atoms with Crippen LogP contribution in [0.3, 0.4) is 0 Å². The van der Waals surface area contributed by atoms with E-state index in [0.29, 0.717) is 11.7 Å². The molecular formula is C17H15F2N3O2S. The molecule has 8 heteroatoms. The number of thiophene rings is 1. The van der Waals surface area contributed by atoms with E-state index in [4.69, 9.17) is 4.52 Å². The van der Waals surface area contributed by atoms with Gasteiger partial charge >= 0.3 is 0 Å². The quantitative estimate of drug-likeness (QED) is 0.721. The first-order valence-corrected chi connectivity index (χ1v) is 8.56. The number of rotatable bonds is 6. The van der Waals surface area contributed by atoms with Gasteiger partial charge in [-0.25, -0.2) is 8.78 Å². The molecule has 2 heterocycles. The van der Waals surface area contributed by atoms with Crippen molar-refractivity contribution in [3.63, 3.8) is 0 Å². The normalized spacial score (nSPS) is 12.1. The molecule has 0 aliphatic carbocycles. The number of amides is 1. The predicted molar refractivity (Wildman–Crippen MR) is 88.8 cm³/mol. The number of benzene rings is 1. The molecule has 1 atom stereocenters. The fourth-order valence-corrected chi connectivity index (χ4v) is 2.96. The first-order chi connectivity index (χ1) is 12.0. The van der Waals surface area contributed by atoms with E-state index in [1.54, 1.807) is 6.92 Å². The molecule has 0 bridgehead atoms. The number of nitrogens with one attached hydrogen (secondary N) is 1. The van der Waals surface area contributed by atoms with Gasteiger partial charge in [-0.1, -0.05) is 11.2 Å². The Kier molecular flexibility index (Phi) is 5.18. The predicted octanol–water partition coefficient (Wildman–Crippen LogP) is 3.89. The summed E-state index contributed by atoms with van der Waals surface area (Å²) in [5.41, 5.74) is 1.09. The number of aromatic nitrogens is 2. The fraction of sp³-hybridized carbons (Fsp3) is 0.235. The Morgan fingerprint density at radius 3 is 2.92 bits per heavy atom. The molecule has 0 aliphatic rings. The highest BCUT2D eigenvalue weighted by atomic mass is 32.1. The Morgan fingerprint density at radius 2 is 2.20 bits per heavy atom. The lowest BCUT2D eigenvalue weighted by atomic mass is 10.1. The van der Waals surface area contributed by atoms with Gasteiger partial charge in [0.2, 0.25) is 17.6 Å². The molecular weight excluding hydrogens is 348 g/mol. The minimum atomic E-state index is -0.690. The third kappa shape index (κ3) is 4.27. The van der Waals surface area contributed by atoms with Crippen LogP contribution in [0.1, 0.15) is 30.8 Å². The van der Waals surface area contributed by atoms with E-state index < -0.39 is 17.7 Å². The smallest absolute Gasteiger partial charge is 0.227 e. The third-order valence-electron chi connectivity index (χ3n) is 3.62. The van der Waals surface area contributed by atoms with Crippen LogP contribution in [0, 0.1) is 11.6 Å². The van der Waals surface area contributed by atoms with Crippen molar-refractivity contribution in [2.45, 2.75) is 25.8 Å². The minimum absolute atomic E-state index is 0.123. The number of nitrogens with zero attached hydrogens (tertiary/aromatic N) is 2. The van der Waals surface area contributed by atoms with Crippen molar-refractivity contribution in [2.75, 3.05) is 0 Å². The van der Waals surface area contributed by atoms with Crippen molar-refractivity contribution in [1.29, 1.82) is 0 Å². The van der Waals surface area contributed by atoms with Gasteiger partial charge in [-0.05, 0) is 24.4 Å². The largest absolute Gasteiger partial charge is 0.349 e. The average molecular weight is 363 g/mol. The molecule has 0 saturated carbocycles. The Morgan fingerprint density at radius 1 is 1.36 bits per heavy atom. The molecule has 2 aromatic heterocycles. The summed E-state index contributed by atoms with van der Waals surface area (Å²) >= 11 is 1.53. The fourth-order valence-electron chi connectivity index (χ4n) is 2.33. The van der Waals surface area contributed by atoms with Crippen molar-refractivity contribution < 1.29 is 18.1 Å². The van der Waals surface area contributed by atoms with Crippen molar-refractivity contribution in [1.82, 2.24) is 15.5 Å². The summed E-state index contributed by atoms with van der Waals surface area (Å²) in [4.78, 5) is 16.3. The van der Waals surface area contributed by atoms with Gasteiger partial charge in [0.05, 0.1) is 6.04 Å². The van der Waals surface area contributed by atoms with E-state index in [1.165, 1.54) is 17.4 Å². The lowest BCUT2D eigenvalue weighted by molar-refractivity contribution is -0.121. The lowest BCUT2D eigenvalue weighted by Crippen LogP contribution is -2.27. The van der Waals surface area contributed by atoms with Gasteiger partial charge in [0.1, 0.15) is 11.6 Å². The molecule has 3 rings (SSSR count). The summed E-state index contributed by atoms with van der Waals surface area (Å²) in [7, 11) is 0. The molecule has 25 heavy (non-hydrogen) atoms. The standard InChI is InChI=1S/C17H15F2N3O2S/c1-10(13-3-2-12(18)8-14(13)19)20-15(23)4-5-16-21-17(22-24-16)11-6-7-25-9-11/h2-3,6-10H,4-5H2,1H3,(H,20,23)/t10-/m0/s1. The van der Waals surface area contributed by atoms with Crippen molar-refractivity contribution in [2.24, 2.45) is 0 Å². The van der Waals surface area contributed by atoms with Crippen LogP contribution in [0.2, 0.25) is 0 Å². The van der Waals surface area contributed by atoms with E-state index in [-0.39, 0.29) is 24.3 Å². The highest BCUT2D eigenvalue weighted by molar-refractivity contribution is 7.08. The number of hydrogen-bond donors (Lipinski definition) is 1. The SMILES string of the molecule is C[C@H](NC(=O)CCc1nc(-c2ccsc2)no1)c1ccc(F)cc1F. The number of carbonyl (C=O) groups excluding carboxylic acids is 1. The third-order valence-corrected chi connectivity index (χ3v) is 4.30. The zero-order chi connectivity index (χ0) is 17.8. The van der Waals surface area contributed by atoms with Crippen molar-refractivity contribution in [3.05, 3.63) is 58.1 Å². The Hall–Kier alpha value is -2.61. The van der Waals surface area contributed by atoms with Crippen LogP contribution >= 0.6 is 11.3 Å². The highest BCUT2D eigenvalue weighted by Gasteiger charge is 2.16. The Labute approximate surface area is 146 Å². The second kappa shape index (κ2) is 7.52. The van der Waals surface area contributed by atoms with Crippen LogP contribution in [0.15, 0.2) is 39.5 Å². The monoisotopic (exact) mass is 363 g/mol. The van der Waals surface area contributed by atoms with Crippen LogP contribution in [-0.2, 0) is 11.2 Å². The second-order valence-electron chi connectivity index (χ2n) is 5.48. The zero-order valence-corrected chi connectivity index (χ0v) is 14.1. The highest BCUT2D eigenvalue weighted by Crippen LogP contribution is 2.20. The molecule has 1 amide bonds. The number of aryl methyl sites for hydroxylation is 1. The number of halogens is 2. The van der Waals surface area contributed by atoms with E-state index in [9.17, 15) is 13.6 Å². The zero-order valence-electron chi connectivity index (χ0n) is 13.3. The van der Waals surface area contributed by atoms with Gasteiger partial charge in [-0.3, -0.25) is 4.79 Å². The second-order valence-corrected chi connectivity index (χ2v) is 6.26. The molecule has 130 valence electrons.